The Bertz CT molecular complexity index is 1020. The first-order valence-electron chi connectivity index (χ1n) is 8.98. The first-order chi connectivity index (χ1) is 12.8. The lowest BCUT2D eigenvalue weighted by Crippen LogP contribution is -2.34. The van der Waals surface area contributed by atoms with Crippen LogP contribution in [0.3, 0.4) is 0 Å². The maximum atomic E-state index is 12.9. The van der Waals surface area contributed by atoms with Crippen LogP contribution in [0.15, 0.2) is 15.7 Å². The van der Waals surface area contributed by atoms with E-state index in [4.69, 9.17) is 5.11 Å². The molecule has 0 saturated heterocycles. The summed E-state index contributed by atoms with van der Waals surface area (Å²) in [4.78, 5) is 56.5. The van der Waals surface area contributed by atoms with Gasteiger partial charge in [-0.1, -0.05) is 6.92 Å². The van der Waals surface area contributed by atoms with Gasteiger partial charge in [0.2, 0.25) is 0 Å². The minimum atomic E-state index is -1.01. The number of aliphatic carboxylic acids is 1. The van der Waals surface area contributed by atoms with E-state index in [2.05, 4.69) is 9.97 Å². The number of nitrogens with zero attached hydrogens (tertiary/aromatic N) is 3. The summed E-state index contributed by atoms with van der Waals surface area (Å²) in [5.41, 5.74) is -0.155. The van der Waals surface area contributed by atoms with Crippen LogP contribution in [0.2, 0.25) is 0 Å². The number of aromatic nitrogens is 3. The standard InChI is InChI=1S/C18H22N4O5/c1-3-7-22-15-14(16(25)20-18(22)27)11(9-12(19-15)10-4-5-10)17(26)21(2)8-6-13(23)24/h9-10H,3-8H2,1-2H3,(H,23,24)(H,20,25,27). The highest BCUT2D eigenvalue weighted by Crippen LogP contribution is 2.40. The minimum Gasteiger partial charge on any atom is -0.481 e. The van der Waals surface area contributed by atoms with Crippen LogP contribution in [0.4, 0.5) is 0 Å². The number of carboxylic acids is 1. The number of H-pyrrole nitrogens is 1. The third kappa shape index (κ3) is 3.76. The zero-order chi connectivity index (χ0) is 19.7. The molecule has 1 amide bonds. The fraction of sp³-hybridized carbons (Fsp3) is 0.500. The van der Waals surface area contributed by atoms with Crippen LogP contribution in [0.1, 0.15) is 54.6 Å². The van der Waals surface area contributed by atoms with Crippen molar-refractivity contribution in [3.63, 3.8) is 0 Å². The molecule has 2 N–H and O–H groups in total. The maximum absolute atomic E-state index is 12.9. The minimum absolute atomic E-state index is 0.0171. The average Bonchev–Trinajstić information content (AvgIpc) is 3.46. The van der Waals surface area contributed by atoms with E-state index in [1.807, 2.05) is 6.92 Å². The zero-order valence-electron chi connectivity index (χ0n) is 15.3. The highest BCUT2D eigenvalue weighted by atomic mass is 16.4. The molecule has 0 spiro atoms. The Labute approximate surface area is 154 Å². The van der Waals surface area contributed by atoms with E-state index in [1.54, 1.807) is 6.07 Å². The van der Waals surface area contributed by atoms with Gasteiger partial charge in [0, 0.05) is 31.7 Å². The normalized spacial score (nSPS) is 13.7. The van der Waals surface area contributed by atoms with E-state index >= 15 is 0 Å². The summed E-state index contributed by atoms with van der Waals surface area (Å²) in [5.74, 6) is -1.25. The first-order valence-corrected chi connectivity index (χ1v) is 8.98. The summed E-state index contributed by atoms with van der Waals surface area (Å²) < 4.78 is 1.39. The third-order valence-corrected chi connectivity index (χ3v) is 4.65. The van der Waals surface area contributed by atoms with Gasteiger partial charge >= 0.3 is 11.7 Å². The SMILES string of the molecule is CCCn1c(=O)[nH]c(=O)c2c(C(=O)N(C)CCC(=O)O)cc(C3CC3)nc21. The van der Waals surface area contributed by atoms with Crippen LogP contribution in [-0.2, 0) is 11.3 Å². The number of fused-ring (bicyclic) bond motifs is 1. The summed E-state index contributed by atoms with van der Waals surface area (Å²) in [6.07, 6.45) is 2.36. The quantitative estimate of drug-likeness (QED) is 0.742. The Morgan fingerprint density at radius 2 is 2.07 bits per heavy atom. The number of aromatic amines is 1. The van der Waals surface area contributed by atoms with Crippen LogP contribution in [-0.4, -0.2) is 50.0 Å². The Kier molecular flexibility index (Phi) is 5.11. The molecule has 0 bridgehead atoms. The van der Waals surface area contributed by atoms with Gasteiger partial charge in [-0.2, -0.15) is 0 Å². The molecule has 27 heavy (non-hydrogen) atoms. The number of amides is 1. The average molecular weight is 374 g/mol. The number of carbonyl (C=O) groups is 2. The van der Waals surface area contributed by atoms with Gasteiger partial charge in [0.1, 0.15) is 0 Å². The van der Waals surface area contributed by atoms with Crippen molar-refractivity contribution in [1.82, 2.24) is 19.4 Å². The van der Waals surface area contributed by atoms with Crippen molar-refractivity contribution in [3.8, 4) is 0 Å². The van der Waals surface area contributed by atoms with Crippen molar-refractivity contribution in [2.75, 3.05) is 13.6 Å². The lowest BCUT2D eigenvalue weighted by atomic mass is 10.1. The summed E-state index contributed by atoms with van der Waals surface area (Å²) in [6, 6.07) is 1.61. The van der Waals surface area contributed by atoms with E-state index < -0.39 is 23.1 Å². The smallest absolute Gasteiger partial charge is 0.329 e. The molecule has 0 aromatic carbocycles. The second-order valence-electron chi connectivity index (χ2n) is 6.85. The highest BCUT2D eigenvalue weighted by Gasteiger charge is 2.29. The number of carboxylic acid groups (broad SMARTS) is 1. The van der Waals surface area contributed by atoms with E-state index in [0.717, 1.165) is 12.8 Å². The molecule has 0 aliphatic heterocycles. The third-order valence-electron chi connectivity index (χ3n) is 4.65. The molecular weight excluding hydrogens is 352 g/mol. The molecule has 2 aromatic heterocycles. The monoisotopic (exact) mass is 374 g/mol. The molecule has 1 aliphatic rings. The summed E-state index contributed by atoms with van der Waals surface area (Å²) in [7, 11) is 1.49. The number of carbonyl (C=O) groups excluding carboxylic acids is 1. The number of pyridine rings is 1. The Hall–Kier alpha value is -2.97. The van der Waals surface area contributed by atoms with Crippen LogP contribution < -0.4 is 11.2 Å². The fourth-order valence-corrected chi connectivity index (χ4v) is 3.05. The van der Waals surface area contributed by atoms with Crippen molar-refractivity contribution in [3.05, 3.63) is 38.2 Å². The lowest BCUT2D eigenvalue weighted by molar-refractivity contribution is -0.137. The fourth-order valence-electron chi connectivity index (χ4n) is 3.05. The number of hydrogen-bond acceptors (Lipinski definition) is 5. The van der Waals surface area contributed by atoms with Crippen molar-refractivity contribution in [2.45, 2.75) is 45.1 Å². The molecule has 1 fully saturated rings. The van der Waals surface area contributed by atoms with Gasteiger partial charge in [-0.3, -0.25) is 23.9 Å². The van der Waals surface area contributed by atoms with Gasteiger partial charge in [-0.15, -0.1) is 0 Å². The molecule has 1 aliphatic carbocycles. The number of aryl methyl sites for hydroxylation is 1. The van der Waals surface area contributed by atoms with Gasteiger partial charge in [0.05, 0.1) is 17.4 Å². The van der Waals surface area contributed by atoms with Crippen molar-refractivity contribution < 1.29 is 14.7 Å². The predicted octanol–water partition coefficient (Wildman–Crippen LogP) is 0.919. The Balaban J connectivity index is 2.20. The van der Waals surface area contributed by atoms with Crippen LogP contribution in [0.5, 0.6) is 0 Å². The van der Waals surface area contributed by atoms with Crippen molar-refractivity contribution in [1.29, 1.82) is 0 Å². The van der Waals surface area contributed by atoms with Crippen LogP contribution >= 0.6 is 0 Å². The van der Waals surface area contributed by atoms with Gasteiger partial charge in [0.15, 0.2) is 5.65 Å². The summed E-state index contributed by atoms with van der Waals surface area (Å²) >= 11 is 0. The molecule has 1 saturated carbocycles. The van der Waals surface area contributed by atoms with Gasteiger partial charge < -0.3 is 10.0 Å². The van der Waals surface area contributed by atoms with Crippen molar-refractivity contribution >= 4 is 22.9 Å². The summed E-state index contributed by atoms with van der Waals surface area (Å²) in [5, 5.41) is 8.91. The second-order valence-corrected chi connectivity index (χ2v) is 6.85. The van der Waals surface area contributed by atoms with Crippen molar-refractivity contribution in [2.24, 2.45) is 0 Å². The molecule has 144 valence electrons. The molecule has 0 unspecified atom stereocenters. The number of hydrogen-bond donors (Lipinski definition) is 2. The van der Waals surface area contributed by atoms with Crippen LogP contribution in [0, 0.1) is 0 Å². The molecule has 2 aromatic rings. The predicted molar refractivity (Wildman–Crippen MR) is 98.1 cm³/mol. The molecular formula is C18H22N4O5. The Morgan fingerprint density at radius 3 is 2.67 bits per heavy atom. The van der Waals surface area contributed by atoms with Crippen LogP contribution in [0.25, 0.3) is 11.0 Å². The molecule has 9 nitrogen and oxygen atoms in total. The topological polar surface area (TPSA) is 125 Å². The van der Waals surface area contributed by atoms with Gasteiger partial charge in [-0.25, -0.2) is 9.78 Å². The molecule has 9 heteroatoms. The Morgan fingerprint density at radius 1 is 1.37 bits per heavy atom. The van der Waals surface area contributed by atoms with E-state index in [-0.39, 0.29) is 35.5 Å². The zero-order valence-corrected chi connectivity index (χ0v) is 15.3. The number of rotatable bonds is 7. The lowest BCUT2D eigenvalue weighted by Gasteiger charge is -2.18. The van der Waals surface area contributed by atoms with Gasteiger partial charge in [0.25, 0.3) is 11.5 Å². The molecule has 0 atom stereocenters. The molecule has 2 heterocycles. The summed E-state index contributed by atoms with van der Waals surface area (Å²) in [6.45, 7) is 2.29. The van der Waals surface area contributed by atoms with E-state index in [9.17, 15) is 19.2 Å². The highest BCUT2D eigenvalue weighted by molar-refractivity contribution is 6.05. The van der Waals surface area contributed by atoms with Gasteiger partial charge in [-0.05, 0) is 25.3 Å². The second kappa shape index (κ2) is 7.34. The largest absolute Gasteiger partial charge is 0.481 e. The number of nitrogens with one attached hydrogen (secondary N) is 1. The van der Waals surface area contributed by atoms with E-state index in [0.29, 0.717) is 18.7 Å². The molecule has 3 rings (SSSR count). The first kappa shape index (κ1) is 18.8. The maximum Gasteiger partial charge on any atom is 0.329 e. The molecule has 0 radical (unpaired) electrons. The van der Waals surface area contributed by atoms with E-state index in [1.165, 1.54) is 16.5 Å².